The van der Waals surface area contributed by atoms with Gasteiger partial charge in [-0.05, 0) is 55.3 Å². The molecule has 1 atom stereocenters. The molecule has 1 heterocycles. The predicted molar refractivity (Wildman–Crippen MR) is 105 cm³/mol. The van der Waals surface area contributed by atoms with Crippen molar-refractivity contribution in [2.45, 2.75) is 19.4 Å². The molecule has 2 aromatic carbocycles. The van der Waals surface area contributed by atoms with E-state index in [0.717, 1.165) is 37.2 Å². The van der Waals surface area contributed by atoms with E-state index >= 15 is 0 Å². The van der Waals surface area contributed by atoms with Crippen molar-refractivity contribution in [2.24, 2.45) is 5.92 Å². The van der Waals surface area contributed by atoms with Crippen LogP contribution >= 0.6 is 34.8 Å². The average molecular weight is 398 g/mol. The predicted octanol–water partition coefficient (Wildman–Crippen LogP) is 5.50. The highest BCUT2D eigenvalue weighted by Crippen LogP contribution is 2.25. The number of anilines is 1. The minimum absolute atomic E-state index is 0.0363. The zero-order valence-corrected chi connectivity index (χ0v) is 15.9. The number of likely N-dealkylation sites (tertiary alicyclic amines) is 1. The summed E-state index contributed by atoms with van der Waals surface area (Å²) in [7, 11) is 0. The van der Waals surface area contributed by atoms with Crippen LogP contribution in [0.15, 0.2) is 42.5 Å². The average Bonchev–Trinajstić information content (AvgIpc) is 2.58. The van der Waals surface area contributed by atoms with E-state index in [9.17, 15) is 4.79 Å². The standard InChI is InChI=1S/C19H19Cl3N2O/c20-15-4-1-5-17(9-15)23-19(25)14-3-2-8-24(12-14)11-13-6-7-16(21)10-18(13)22/h1,4-7,9-10,14H,2-3,8,11-12H2,(H,23,25)/t14-/m1/s1. The highest BCUT2D eigenvalue weighted by atomic mass is 35.5. The molecule has 0 unspecified atom stereocenters. The van der Waals surface area contributed by atoms with Crippen molar-refractivity contribution in [3.05, 3.63) is 63.1 Å². The Balaban J connectivity index is 1.61. The van der Waals surface area contributed by atoms with Crippen LogP contribution in [0, 0.1) is 5.92 Å². The quantitative estimate of drug-likeness (QED) is 0.739. The van der Waals surface area contributed by atoms with E-state index in [1.807, 2.05) is 24.3 Å². The monoisotopic (exact) mass is 396 g/mol. The molecule has 25 heavy (non-hydrogen) atoms. The van der Waals surface area contributed by atoms with Gasteiger partial charge in [-0.25, -0.2) is 0 Å². The first-order valence-electron chi connectivity index (χ1n) is 8.24. The molecule has 6 heteroatoms. The lowest BCUT2D eigenvalue weighted by Gasteiger charge is -2.32. The van der Waals surface area contributed by atoms with Gasteiger partial charge in [0.15, 0.2) is 0 Å². The van der Waals surface area contributed by atoms with E-state index in [1.54, 1.807) is 18.2 Å². The molecule has 0 aromatic heterocycles. The topological polar surface area (TPSA) is 32.3 Å². The summed E-state index contributed by atoms with van der Waals surface area (Å²) in [5, 5.41) is 4.87. The minimum atomic E-state index is -0.0428. The van der Waals surface area contributed by atoms with E-state index in [4.69, 9.17) is 34.8 Å². The Morgan fingerprint density at radius 1 is 1.12 bits per heavy atom. The van der Waals surface area contributed by atoms with Gasteiger partial charge in [-0.1, -0.05) is 46.9 Å². The molecule has 132 valence electrons. The van der Waals surface area contributed by atoms with Crippen molar-refractivity contribution in [1.29, 1.82) is 0 Å². The van der Waals surface area contributed by atoms with E-state index in [2.05, 4.69) is 10.2 Å². The van der Waals surface area contributed by atoms with Gasteiger partial charge in [0.2, 0.25) is 5.91 Å². The van der Waals surface area contributed by atoms with Crippen LogP contribution in [0.1, 0.15) is 18.4 Å². The first-order chi connectivity index (χ1) is 12.0. The Morgan fingerprint density at radius 2 is 1.92 bits per heavy atom. The molecule has 0 spiro atoms. The molecular weight excluding hydrogens is 379 g/mol. The van der Waals surface area contributed by atoms with Gasteiger partial charge in [-0.3, -0.25) is 9.69 Å². The second-order valence-electron chi connectivity index (χ2n) is 6.31. The molecule has 1 aliphatic rings. The van der Waals surface area contributed by atoms with Crippen molar-refractivity contribution >= 4 is 46.4 Å². The Hall–Kier alpha value is -1.26. The summed E-state index contributed by atoms with van der Waals surface area (Å²) in [5.41, 5.74) is 1.76. The third-order valence-electron chi connectivity index (χ3n) is 4.38. The summed E-state index contributed by atoms with van der Waals surface area (Å²) in [5.74, 6) is -0.00650. The van der Waals surface area contributed by atoms with E-state index in [-0.39, 0.29) is 11.8 Å². The van der Waals surface area contributed by atoms with Crippen molar-refractivity contribution in [3.63, 3.8) is 0 Å². The fourth-order valence-electron chi connectivity index (χ4n) is 3.11. The van der Waals surface area contributed by atoms with Gasteiger partial charge in [-0.15, -0.1) is 0 Å². The molecule has 0 saturated carbocycles. The van der Waals surface area contributed by atoms with Crippen LogP contribution in [0.2, 0.25) is 15.1 Å². The number of hydrogen-bond donors (Lipinski definition) is 1. The maximum atomic E-state index is 12.6. The SMILES string of the molecule is O=C(Nc1cccc(Cl)c1)[C@@H]1CCCN(Cc2ccc(Cl)cc2Cl)C1. The molecule has 2 aromatic rings. The smallest absolute Gasteiger partial charge is 0.228 e. The van der Waals surface area contributed by atoms with Crippen molar-refractivity contribution in [2.75, 3.05) is 18.4 Å². The van der Waals surface area contributed by atoms with Crippen molar-refractivity contribution < 1.29 is 4.79 Å². The molecule has 1 saturated heterocycles. The fraction of sp³-hybridized carbons (Fsp3) is 0.316. The molecular formula is C19H19Cl3N2O. The Labute approximate surface area is 162 Å². The van der Waals surface area contributed by atoms with Gasteiger partial charge in [0, 0.05) is 33.8 Å². The van der Waals surface area contributed by atoms with Crippen LogP contribution in [-0.4, -0.2) is 23.9 Å². The van der Waals surface area contributed by atoms with Gasteiger partial charge in [0.05, 0.1) is 5.92 Å². The number of halogens is 3. The van der Waals surface area contributed by atoms with Gasteiger partial charge in [0.1, 0.15) is 0 Å². The summed E-state index contributed by atoms with van der Waals surface area (Å²) < 4.78 is 0. The number of amides is 1. The maximum Gasteiger partial charge on any atom is 0.228 e. The lowest BCUT2D eigenvalue weighted by molar-refractivity contribution is -0.121. The number of carbonyl (C=O) groups excluding carboxylic acids is 1. The van der Waals surface area contributed by atoms with Crippen LogP contribution in [0.3, 0.4) is 0 Å². The summed E-state index contributed by atoms with van der Waals surface area (Å²) in [6.45, 7) is 2.39. The van der Waals surface area contributed by atoms with E-state index < -0.39 is 0 Å². The highest BCUT2D eigenvalue weighted by Gasteiger charge is 2.26. The zero-order chi connectivity index (χ0) is 17.8. The lowest BCUT2D eigenvalue weighted by Crippen LogP contribution is -2.40. The number of carbonyl (C=O) groups is 1. The first kappa shape index (κ1) is 18.5. The third kappa shape index (κ3) is 5.11. The normalized spacial score (nSPS) is 18.1. The van der Waals surface area contributed by atoms with Gasteiger partial charge >= 0.3 is 0 Å². The highest BCUT2D eigenvalue weighted by molar-refractivity contribution is 6.35. The second-order valence-corrected chi connectivity index (χ2v) is 7.59. The van der Waals surface area contributed by atoms with Crippen molar-refractivity contribution in [3.8, 4) is 0 Å². The number of nitrogens with zero attached hydrogens (tertiary/aromatic N) is 1. The largest absolute Gasteiger partial charge is 0.326 e. The van der Waals surface area contributed by atoms with Crippen LogP contribution in [-0.2, 0) is 11.3 Å². The molecule has 0 radical (unpaired) electrons. The van der Waals surface area contributed by atoms with Gasteiger partial charge < -0.3 is 5.32 Å². The van der Waals surface area contributed by atoms with E-state index in [0.29, 0.717) is 21.6 Å². The molecule has 1 fully saturated rings. The number of nitrogens with one attached hydrogen (secondary N) is 1. The first-order valence-corrected chi connectivity index (χ1v) is 9.37. The summed E-state index contributed by atoms with van der Waals surface area (Å²) in [6.07, 6.45) is 1.87. The minimum Gasteiger partial charge on any atom is -0.326 e. The Morgan fingerprint density at radius 3 is 2.68 bits per heavy atom. The van der Waals surface area contributed by atoms with E-state index in [1.165, 1.54) is 0 Å². The molecule has 3 rings (SSSR count). The van der Waals surface area contributed by atoms with Gasteiger partial charge in [-0.2, -0.15) is 0 Å². The number of hydrogen-bond acceptors (Lipinski definition) is 2. The van der Waals surface area contributed by atoms with Crippen LogP contribution in [0.5, 0.6) is 0 Å². The Kier molecular flexibility index (Phi) is 6.24. The van der Waals surface area contributed by atoms with Crippen molar-refractivity contribution in [1.82, 2.24) is 4.90 Å². The molecule has 0 bridgehead atoms. The van der Waals surface area contributed by atoms with Crippen LogP contribution < -0.4 is 5.32 Å². The summed E-state index contributed by atoms with van der Waals surface area (Å²) in [4.78, 5) is 14.8. The second kappa shape index (κ2) is 8.41. The maximum absolute atomic E-state index is 12.6. The fourth-order valence-corrected chi connectivity index (χ4v) is 3.77. The number of rotatable bonds is 4. The molecule has 3 nitrogen and oxygen atoms in total. The number of benzene rings is 2. The van der Waals surface area contributed by atoms with Crippen LogP contribution in [0.25, 0.3) is 0 Å². The summed E-state index contributed by atoms with van der Waals surface area (Å²) >= 11 is 18.2. The molecule has 1 amide bonds. The van der Waals surface area contributed by atoms with Gasteiger partial charge in [0.25, 0.3) is 0 Å². The number of piperidine rings is 1. The third-order valence-corrected chi connectivity index (χ3v) is 5.20. The summed E-state index contributed by atoms with van der Waals surface area (Å²) in [6, 6.07) is 12.8. The zero-order valence-electron chi connectivity index (χ0n) is 13.6. The van der Waals surface area contributed by atoms with Crippen LogP contribution in [0.4, 0.5) is 5.69 Å². The molecule has 1 aliphatic heterocycles. The lowest BCUT2D eigenvalue weighted by atomic mass is 9.96. The molecule has 1 N–H and O–H groups in total. The Bertz CT molecular complexity index is 766. The molecule has 0 aliphatic carbocycles.